The van der Waals surface area contributed by atoms with Crippen LogP contribution in [0.2, 0.25) is 0 Å². The monoisotopic (exact) mass is 383 g/mol. The number of aromatic nitrogens is 2. The topological polar surface area (TPSA) is 114 Å². The van der Waals surface area contributed by atoms with Gasteiger partial charge in [0.2, 0.25) is 11.9 Å². The summed E-state index contributed by atoms with van der Waals surface area (Å²) in [6.07, 6.45) is 3.41. The number of esters is 1. The van der Waals surface area contributed by atoms with Gasteiger partial charge < -0.3 is 20.3 Å². The number of nitrogens with one attached hydrogen (secondary N) is 2. The van der Waals surface area contributed by atoms with Crippen LogP contribution in [0.1, 0.15) is 19.8 Å². The van der Waals surface area contributed by atoms with E-state index in [0.29, 0.717) is 23.9 Å². The SMILES string of the molecule is CC1CC(=O)Nc2ccccc2N1C(=O)COC(=O)CCNc1ncccn1. The molecule has 2 aromatic rings. The van der Waals surface area contributed by atoms with Crippen LogP contribution in [-0.2, 0) is 19.1 Å². The van der Waals surface area contributed by atoms with Gasteiger partial charge in [-0.25, -0.2) is 9.97 Å². The Kier molecular flexibility index (Phi) is 6.15. The number of rotatable bonds is 6. The first-order valence-electron chi connectivity index (χ1n) is 8.92. The minimum Gasteiger partial charge on any atom is -0.455 e. The number of fused-ring (bicyclic) bond motifs is 1. The van der Waals surface area contributed by atoms with E-state index in [1.807, 2.05) is 0 Å². The van der Waals surface area contributed by atoms with Crippen LogP contribution in [-0.4, -0.2) is 46.9 Å². The van der Waals surface area contributed by atoms with Gasteiger partial charge in [0.1, 0.15) is 0 Å². The molecule has 0 spiro atoms. The molecule has 28 heavy (non-hydrogen) atoms. The highest BCUT2D eigenvalue weighted by molar-refractivity contribution is 6.05. The van der Waals surface area contributed by atoms with Gasteiger partial charge in [-0.2, -0.15) is 0 Å². The molecular weight excluding hydrogens is 362 g/mol. The summed E-state index contributed by atoms with van der Waals surface area (Å²) in [6, 6.07) is 8.38. The molecule has 1 aromatic heterocycles. The fourth-order valence-electron chi connectivity index (χ4n) is 2.92. The molecule has 2 N–H and O–H groups in total. The summed E-state index contributed by atoms with van der Waals surface area (Å²) in [4.78, 5) is 46.1. The Labute approximate surface area is 162 Å². The highest BCUT2D eigenvalue weighted by Gasteiger charge is 2.29. The highest BCUT2D eigenvalue weighted by atomic mass is 16.5. The molecule has 9 nitrogen and oxygen atoms in total. The van der Waals surface area contributed by atoms with Gasteiger partial charge in [0.05, 0.1) is 17.8 Å². The van der Waals surface area contributed by atoms with Crippen LogP contribution >= 0.6 is 0 Å². The number of carbonyl (C=O) groups excluding carboxylic acids is 3. The van der Waals surface area contributed by atoms with Crippen molar-refractivity contribution >= 4 is 35.1 Å². The maximum Gasteiger partial charge on any atom is 0.308 e. The van der Waals surface area contributed by atoms with Gasteiger partial charge in [0, 0.05) is 31.4 Å². The van der Waals surface area contributed by atoms with Crippen molar-refractivity contribution in [3.05, 3.63) is 42.7 Å². The molecule has 2 heterocycles. The van der Waals surface area contributed by atoms with Crippen molar-refractivity contribution < 1.29 is 19.1 Å². The predicted molar refractivity (Wildman–Crippen MR) is 103 cm³/mol. The minimum atomic E-state index is -0.512. The summed E-state index contributed by atoms with van der Waals surface area (Å²) in [5.74, 6) is -0.647. The molecule has 0 aliphatic carbocycles. The Bertz CT molecular complexity index is 858. The van der Waals surface area contributed by atoms with Crippen LogP contribution in [0.5, 0.6) is 0 Å². The number of ether oxygens (including phenoxy) is 1. The van der Waals surface area contributed by atoms with Crippen LogP contribution in [0.3, 0.4) is 0 Å². The molecule has 1 aliphatic rings. The van der Waals surface area contributed by atoms with Gasteiger partial charge in [-0.1, -0.05) is 12.1 Å². The molecule has 1 aliphatic heterocycles. The van der Waals surface area contributed by atoms with Gasteiger partial charge in [-0.3, -0.25) is 14.4 Å². The number of hydrogen-bond donors (Lipinski definition) is 2. The lowest BCUT2D eigenvalue weighted by molar-refractivity contribution is -0.147. The van der Waals surface area contributed by atoms with Crippen molar-refractivity contribution in [3.8, 4) is 0 Å². The maximum atomic E-state index is 12.7. The molecule has 1 unspecified atom stereocenters. The number of carbonyl (C=O) groups is 3. The van der Waals surface area contributed by atoms with Crippen LogP contribution in [0.25, 0.3) is 0 Å². The quantitative estimate of drug-likeness (QED) is 0.728. The van der Waals surface area contributed by atoms with Crippen LogP contribution < -0.4 is 15.5 Å². The molecule has 9 heteroatoms. The number of benzene rings is 1. The third-order valence-corrected chi connectivity index (χ3v) is 4.16. The fourth-order valence-corrected chi connectivity index (χ4v) is 2.92. The van der Waals surface area contributed by atoms with E-state index in [-0.39, 0.29) is 30.7 Å². The first-order valence-corrected chi connectivity index (χ1v) is 8.92. The summed E-state index contributed by atoms with van der Waals surface area (Å²) in [5, 5.41) is 5.68. The molecule has 0 saturated carbocycles. The van der Waals surface area contributed by atoms with Crippen molar-refractivity contribution in [2.45, 2.75) is 25.8 Å². The average Bonchev–Trinajstić information content (AvgIpc) is 2.81. The lowest BCUT2D eigenvalue weighted by atomic mass is 10.1. The molecule has 0 saturated heterocycles. The average molecular weight is 383 g/mol. The number of nitrogens with zero attached hydrogens (tertiary/aromatic N) is 3. The zero-order valence-corrected chi connectivity index (χ0v) is 15.4. The summed E-state index contributed by atoms with van der Waals surface area (Å²) in [6.45, 7) is 1.68. The zero-order valence-electron chi connectivity index (χ0n) is 15.4. The highest BCUT2D eigenvalue weighted by Crippen LogP contribution is 2.31. The number of anilines is 3. The van der Waals surface area contributed by atoms with Crippen LogP contribution in [0, 0.1) is 0 Å². The smallest absolute Gasteiger partial charge is 0.308 e. The van der Waals surface area contributed by atoms with Gasteiger partial charge >= 0.3 is 5.97 Å². The molecular formula is C19H21N5O4. The molecule has 0 bridgehead atoms. The van der Waals surface area contributed by atoms with E-state index in [1.54, 1.807) is 49.6 Å². The summed E-state index contributed by atoms with van der Waals surface area (Å²) in [5.41, 5.74) is 1.15. The number of hydrogen-bond acceptors (Lipinski definition) is 7. The summed E-state index contributed by atoms with van der Waals surface area (Å²) in [7, 11) is 0. The number of para-hydroxylation sites is 2. The lowest BCUT2D eigenvalue weighted by Gasteiger charge is -2.27. The number of amides is 2. The Balaban J connectivity index is 1.55. The molecule has 1 atom stereocenters. The Morgan fingerprint density at radius 3 is 2.79 bits per heavy atom. The van der Waals surface area contributed by atoms with Gasteiger partial charge in [-0.15, -0.1) is 0 Å². The summed E-state index contributed by atoms with van der Waals surface area (Å²) >= 11 is 0. The van der Waals surface area contributed by atoms with Gasteiger partial charge in [0.25, 0.3) is 5.91 Å². The van der Waals surface area contributed by atoms with Crippen LogP contribution in [0.4, 0.5) is 17.3 Å². The second-order valence-corrected chi connectivity index (χ2v) is 6.29. The third kappa shape index (κ3) is 4.81. The zero-order chi connectivity index (χ0) is 19.9. The van der Waals surface area contributed by atoms with Crippen molar-refractivity contribution in [1.29, 1.82) is 0 Å². The van der Waals surface area contributed by atoms with Gasteiger partial charge in [0.15, 0.2) is 6.61 Å². The summed E-state index contributed by atoms with van der Waals surface area (Å²) < 4.78 is 5.11. The second-order valence-electron chi connectivity index (χ2n) is 6.29. The van der Waals surface area contributed by atoms with Crippen molar-refractivity contribution in [3.63, 3.8) is 0 Å². The van der Waals surface area contributed by atoms with Crippen molar-refractivity contribution in [1.82, 2.24) is 9.97 Å². The van der Waals surface area contributed by atoms with E-state index in [1.165, 1.54) is 4.90 Å². The second kappa shape index (κ2) is 8.94. The van der Waals surface area contributed by atoms with E-state index in [0.717, 1.165) is 0 Å². The van der Waals surface area contributed by atoms with Crippen molar-refractivity contribution in [2.24, 2.45) is 0 Å². The third-order valence-electron chi connectivity index (χ3n) is 4.16. The van der Waals surface area contributed by atoms with E-state index < -0.39 is 12.6 Å². The Hall–Kier alpha value is -3.49. The van der Waals surface area contributed by atoms with E-state index in [4.69, 9.17) is 4.74 Å². The lowest BCUT2D eigenvalue weighted by Crippen LogP contribution is -2.41. The van der Waals surface area contributed by atoms with Crippen LogP contribution in [0.15, 0.2) is 42.7 Å². The van der Waals surface area contributed by atoms with E-state index in [2.05, 4.69) is 20.6 Å². The minimum absolute atomic E-state index is 0.0672. The molecule has 0 radical (unpaired) electrons. The first-order chi connectivity index (χ1) is 13.5. The standard InChI is InChI=1S/C19H21N5O4/c1-13-11-16(25)23-14-5-2-3-6-15(14)24(13)17(26)12-28-18(27)7-10-22-19-20-8-4-9-21-19/h2-6,8-9,13H,7,10-12H2,1H3,(H,23,25)(H,20,21,22). The molecule has 3 rings (SSSR count). The van der Waals surface area contributed by atoms with E-state index >= 15 is 0 Å². The first kappa shape index (κ1) is 19.3. The maximum absolute atomic E-state index is 12.7. The predicted octanol–water partition coefficient (Wildman–Crippen LogP) is 1.59. The molecule has 2 amide bonds. The fraction of sp³-hybridized carbons (Fsp3) is 0.316. The van der Waals surface area contributed by atoms with Crippen molar-refractivity contribution in [2.75, 3.05) is 28.7 Å². The largest absolute Gasteiger partial charge is 0.455 e. The Morgan fingerprint density at radius 2 is 2.00 bits per heavy atom. The molecule has 146 valence electrons. The molecule has 1 aromatic carbocycles. The Morgan fingerprint density at radius 1 is 1.25 bits per heavy atom. The molecule has 0 fully saturated rings. The normalized spacial score (nSPS) is 15.8. The van der Waals surface area contributed by atoms with E-state index in [9.17, 15) is 14.4 Å². The van der Waals surface area contributed by atoms with Gasteiger partial charge in [-0.05, 0) is 25.1 Å².